The molecule has 0 spiro atoms. The molecule has 1 aromatic carbocycles. The summed E-state index contributed by atoms with van der Waals surface area (Å²) >= 11 is 0. The van der Waals surface area contributed by atoms with E-state index in [1.54, 1.807) is 19.2 Å². The summed E-state index contributed by atoms with van der Waals surface area (Å²) in [6, 6.07) is 5.31. The van der Waals surface area contributed by atoms with Crippen molar-refractivity contribution in [3.63, 3.8) is 0 Å². The van der Waals surface area contributed by atoms with E-state index in [0.29, 0.717) is 11.3 Å². The van der Waals surface area contributed by atoms with Crippen LogP contribution < -0.4 is 16.6 Å². The summed E-state index contributed by atoms with van der Waals surface area (Å²) in [6.45, 7) is 1.89. The van der Waals surface area contributed by atoms with Crippen molar-refractivity contribution in [2.45, 2.75) is 6.92 Å². The molecule has 0 atom stereocenters. The summed E-state index contributed by atoms with van der Waals surface area (Å²) in [7, 11) is 1.61. The topological polar surface area (TPSA) is 111 Å². The normalized spacial score (nSPS) is 10.2. The van der Waals surface area contributed by atoms with E-state index in [1.807, 2.05) is 13.0 Å². The molecular formula is C10H13N7O. The Morgan fingerprint density at radius 3 is 2.83 bits per heavy atom. The van der Waals surface area contributed by atoms with Crippen molar-refractivity contribution in [1.29, 1.82) is 0 Å². The number of hydrogen-bond donors (Lipinski definition) is 3. The Kier molecular flexibility index (Phi) is 3.20. The van der Waals surface area contributed by atoms with E-state index in [2.05, 4.69) is 26.2 Å². The van der Waals surface area contributed by atoms with Crippen molar-refractivity contribution < 1.29 is 4.79 Å². The van der Waals surface area contributed by atoms with E-state index in [0.717, 1.165) is 5.56 Å². The Morgan fingerprint density at radius 1 is 1.44 bits per heavy atom. The number of nitrogens with one attached hydrogen (secondary N) is 2. The van der Waals surface area contributed by atoms with E-state index in [-0.39, 0.29) is 11.9 Å². The maximum absolute atomic E-state index is 12.0. The molecule has 1 heterocycles. The lowest BCUT2D eigenvalue weighted by molar-refractivity contribution is 0.102. The van der Waals surface area contributed by atoms with Crippen LogP contribution in [-0.4, -0.2) is 26.1 Å². The molecule has 94 valence electrons. The zero-order valence-corrected chi connectivity index (χ0v) is 10.0. The van der Waals surface area contributed by atoms with Gasteiger partial charge in [0.25, 0.3) is 11.9 Å². The van der Waals surface area contributed by atoms with Gasteiger partial charge in [-0.25, -0.2) is 0 Å². The first-order valence-electron chi connectivity index (χ1n) is 5.23. The van der Waals surface area contributed by atoms with Gasteiger partial charge in [-0.1, -0.05) is 16.7 Å². The number of carbonyl (C=O) groups excluding carboxylic acids is 1. The van der Waals surface area contributed by atoms with E-state index in [1.165, 1.54) is 4.80 Å². The van der Waals surface area contributed by atoms with Crippen LogP contribution in [0.3, 0.4) is 0 Å². The molecule has 0 fully saturated rings. The SMILES string of the molecule is Cc1ccc(NN)c(C(=O)Nc2nnn(C)n2)c1. The minimum atomic E-state index is -0.348. The van der Waals surface area contributed by atoms with E-state index < -0.39 is 0 Å². The smallest absolute Gasteiger partial charge is 0.270 e. The molecule has 8 heteroatoms. The number of hydrogen-bond acceptors (Lipinski definition) is 6. The van der Waals surface area contributed by atoms with Gasteiger partial charge >= 0.3 is 0 Å². The molecule has 0 saturated carbocycles. The Hall–Kier alpha value is -2.48. The highest BCUT2D eigenvalue weighted by Crippen LogP contribution is 2.17. The molecule has 0 aliphatic rings. The van der Waals surface area contributed by atoms with Crippen molar-refractivity contribution in [2.75, 3.05) is 10.7 Å². The first-order valence-corrected chi connectivity index (χ1v) is 5.23. The Balaban J connectivity index is 2.25. The van der Waals surface area contributed by atoms with E-state index in [4.69, 9.17) is 5.84 Å². The molecule has 0 radical (unpaired) electrons. The van der Waals surface area contributed by atoms with Crippen LogP contribution in [0.2, 0.25) is 0 Å². The first kappa shape index (κ1) is 12.0. The largest absolute Gasteiger partial charge is 0.323 e. The number of rotatable bonds is 3. The minimum absolute atomic E-state index is 0.145. The van der Waals surface area contributed by atoms with Gasteiger partial charge in [0.1, 0.15) is 0 Å². The van der Waals surface area contributed by atoms with Crippen LogP contribution in [0.15, 0.2) is 18.2 Å². The third-order valence-corrected chi connectivity index (χ3v) is 2.31. The lowest BCUT2D eigenvalue weighted by Crippen LogP contribution is -2.18. The molecule has 0 unspecified atom stereocenters. The summed E-state index contributed by atoms with van der Waals surface area (Å²) in [6.07, 6.45) is 0. The van der Waals surface area contributed by atoms with Gasteiger partial charge < -0.3 is 5.43 Å². The molecule has 4 N–H and O–H groups in total. The standard InChI is InChI=1S/C10H13N7O/c1-6-3-4-8(13-11)7(5-6)9(18)12-10-14-16-17(2)15-10/h3-5,13H,11H2,1-2H3,(H,12,15,18). The van der Waals surface area contributed by atoms with Gasteiger partial charge in [0.15, 0.2) is 0 Å². The number of aromatic nitrogens is 4. The Labute approximate surface area is 103 Å². The van der Waals surface area contributed by atoms with Crippen LogP contribution in [0.25, 0.3) is 0 Å². The number of benzene rings is 1. The first-order chi connectivity index (χ1) is 8.60. The number of aryl methyl sites for hydroxylation is 2. The number of nitrogens with zero attached hydrogens (tertiary/aromatic N) is 4. The van der Waals surface area contributed by atoms with Crippen LogP contribution in [0.1, 0.15) is 15.9 Å². The predicted molar refractivity (Wildman–Crippen MR) is 65.7 cm³/mol. The fraction of sp³-hybridized carbons (Fsp3) is 0.200. The number of carbonyl (C=O) groups is 1. The molecule has 0 saturated heterocycles. The molecule has 0 bridgehead atoms. The lowest BCUT2D eigenvalue weighted by atomic mass is 10.1. The van der Waals surface area contributed by atoms with Crippen molar-refractivity contribution in [3.05, 3.63) is 29.3 Å². The Bertz CT molecular complexity index is 577. The predicted octanol–water partition coefficient (Wildman–Crippen LogP) is 0.0564. The summed E-state index contributed by atoms with van der Waals surface area (Å²) in [5, 5.41) is 13.7. The van der Waals surface area contributed by atoms with Crippen molar-refractivity contribution in [1.82, 2.24) is 20.2 Å². The molecule has 2 rings (SSSR count). The fourth-order valence-corrected chi connectivity index (χ4v) is 1.47. The van der Waals surface area contributed by atoms with Gasteiger partial charge in [0.05, 0.1) is 18.3 Å². The second kappa shape index (κ2) is 4.80. The number of tetrazole rings is 1. The van der Waals surface area contributed by atoms with Gasteiger partial charge in [0, 0.05) is 0 Å². The second-order valence-electron chi connectivity index (χ2n) is 3.75. The van der Waals surface area contributed by atoms with Crippen LogP contribution in [-0.2, 0) is 7.05 Å². The minimum Gasteiger partial charge on any atom is -0.323 e. The number of nitrogen functional groups attached to an aromatic ring is 1. The quantitative estimate of drug-likeness (QED) is 0.522. The maximum atomic E-state index is 12.0. The molecule has 8 nitrogen and oxygen atoms in total. The van der Waals surface area contributed by atoms with Gasteiger partial charge in [0.2, 0.25) is 0 Å². The van der Waals surface area contributed by atoms with Crippen LogP contribution in [0.4, 0.5) is 11.6 Å². The van der Waals surface area contributed by atoms with Gasteiger partial charge in [-0.05, 0) is 24.3 Å². The van der Waals surface area contributed by atoms with Crippen LogP contribution in [0.5, 0.6) is 0 Å². The fourth-order valence-electron chi connectivity index (χ4n) is 1.47. The number of amides is 1. The number of nitrogens with two attached hydrogens (primary N) is 1. The average molecular weight is 247 g/mol. The molecule has 18 heavy (non-hydrogen) atoms. The molecular weight excluding hydrogens is 234 g/mol. The van der Waals surface area contributed by atoms with E-state index >= 15 is 0 Å². The third-order valence-electron chi connectivity index (χ3n) is 2.31. The van der Waals surface area contributed by atoms with Crippen molar-refractivity contribution in [3.8, 4) is 0 Å². The molecule has 1 amide bonds. The number of hydrazine groups is 1. The van der Waals surface area contributed by atoms with Crippen LogP contribution in [0, 0.1) is 6.92 Å². The summed E-state index contributed by atoms with van der Waals surface area (Å²) in [5.74, 6) is 5.16. The monoisotopic (exact) mass is 247 g/mol. The van der Waals surface area contributed by atoms with E-state index in [9.17, 15) is 4.79 Å². The zero-order valence-electron chi connectivity index (χ0n) is 10.0. The van der Waals surface area contributed by atoms with Crippen molar-refractivity contribution in [2.24, 2.45) is 12.9 Å². The molecule has 0 aliphatic carbocycles. The van der Waals surface area contributed by atoms with Gasteiger partial charge in [-0.2, -0.15) is 4.80 Å². The highest BCUT2D eigenvalue weighted by Gasteiger charge is 2.13. The summed E-state index contributed by atoms with van der Waals surface area (Å²) in [4.78, 5) is 13.3. The Morgan fingerprint density at radius 2 is 2.22 bits per heavy atom. The van der Waals surface area contributed by atoms with Gasteiger partial charge in [-0.3, -0.25) is 16.0 Å². The van der Waals surface area contributed by atoms with Gasteiger partial charge in [-0.15, -0.1) is 5.10 Å². The third kappa shape index (κ3) is 2.43. The van der Waals surface area contributed by atoms with Crippen LogP contribution >= 0.6 is 0 Å². The molecule has 2 aromatic rings. The molecule has 0 aliphatic heterocycles. The highest BCUT2D eigenvalue weighted by atomic mass is 16.1. The summed E-state index contributed by atoms with van der Waals surface area (Å²) in [5.41, 5.74) is 4.37. The lowest BCUT2D eigenvalue weighted by Gasteiger charge is -2.08. The zero-order chi connectivity index (χ0) is 13.1. The summed E-state index contributed by atoms with van der Waals surface area (Å²) < 4.78 is 0. The highest BCUT2D eigenvalue weighted by molar-refractivity contribution is 6.07. The maximum Gasteiger partial charge on any atom is 0.270 e. The average Bonchev–Trinajstić information content (AvgIpc) is 2.74. The second-order valence-corrected chi connectivity index (χ2v) is 3.75. The number of anilines is 2. The molecule has 1 aromatic heterocycles. The van der Waals surface area contributed by atoms with Crippen molar-refractivity contribution >= 4 is 17.5 Å².